The van der Waals surface area contributed by atoms with Crippen molar-refractivity contribution in [2.75, 3.05) is 6.54 Å². The highest BCUT2D eigenvalue weighted by molar-refractivity contribution is 5.97. The predicted molar refractivity (Wildman–Crippen MR) is 183 cm³/mol. The van der Waals surface area contributed by atoms with E-state index in [1.165, 1.54) is 49.3 Å². The minimum atomic E-state index is -1.25. The number of carbonyl (C=O) groups is 5. The Bertz CT molecular complexity index is 2000. The Hall–Kier alpha value is -6.38. The maximum atomic E-state index is 14.0. The van der Waals surface area contributed by atoms with E-state index >= 15 is 0 Å². The van der Waals surface area contributed by atoms with E-state index in [1.807, 2.05) is 42.5 Å². The molecule has 0 radical (unpaired) electrons. The van der Waals surface area contributed by atoms with Crippen molar-refractivity contribution in [1.29, 1.82) is 0 Å². The van der Waals surface area contributed by atoms with E-state index in [9.17, 15) is 28.4 Å². The molecule has 1 aliphatic heterocycles. The fourth-order valence-corrected chi connectivity index (χ4v) is 5.88. The number of halogens is 1. The first-order chi connectivity index (χ1) is 24.7. The van der Waals surface area contributed by atoms with Crippen LogP contribution in [0.2, 0.25) is 0 Å². The van der Waals surface area contributed by atoms with Gasteiger partial charge in [-0.1, -0.05) is 54.6 Å². The van der Waals surface area contributed by atoms with Crippen molar-refractivity contribution in [1.82, 2.24) is 46.5 Å². The number of hydrogen-bond donors (Lipinski definition) is 7. The van der Waals surface area contributed by atoms with Crippen LogP contribution >= 0.6 is 0 Å². The van der Waals surface area contributed by atoms with Gasteiger partial charge in [-0.05, 0) is 34.0 Å². The van der Waals surface area contributed by atoms with Crippen LogP contribution in [0.5, 0.6) is 0 Å². The monoisotopic (exact) mass is 693 g/mol. The molecule has 0 unspecified atom stereocenters. The Morgan fingerprint density at radius 3 is 1.67 bits per heavy atom. The lowest BCUT2D eigenvalue weighted by molar-refractivity contribution is -0.133. The number of aromatic nitrogens is 4. The van der Waals surface area contributed by atoms with Gasteiger partial charge in [-0.3, -0.25) is 24.0 Å². The van der Waals surface area contributed by atoms with Gasteiger partial charge >= 0.3 is 0 Å². The van der Waals surface area contributed by atoms with Crippen LogP contribution in [0.25, 0.3) is 10.8 Å². The quantitative estimate of drug-likeness (QED) is 0.124. The summed E-state index contributed by atoms with van der Waals surface area (Å²) in [5.41, 5.74) is 2.34. The number of hydrogen-bond acceptors (Lipinski definition) is 7. The minimum Gasteiger partial charge on any atom is -0.348 e. The average molecular weight is 694 g/mol. The molecule has 2 aromatic heterocycles. The lowest BCUT2D eigenvalue weighted by Crippen LogP contribution is -2.59. The van der Waals surface area contributed by atoms with Crippen LogP contribution in [-0.4, -0.2) is 80.2 Å². The number of amides is 5. The number of aromatic amines is 2. The third-order valence-electron chi connectivity index (χ3n) is 8.54. The van der Waals surface area contributed by atoms with Crippen LogP contribution in [0.15, 0.2) is 91.8 Å². The van der Waals surface area contributed by atoms with Crippen molar-refractivity contribution in [3.63, 3.8) is 0 Å². The molecule has 5 amide bonds. The molecule has 1 fully saturated rings. The first-order valence-electron chi connectivity index (χ1n) is 16.3. The standard InChI is InChI=1S/C36H36FN9O5/c37-25-9-6-21(7-10-25)12-29-34(49)46-31(15-27-17-39-20-42-27)36(51)44-28(13-22-5-8-23-3-1-2-4-24(23)11-22)33(48)40-18-32(47)43-30(35(50)45-29)14-26-16-38-19-41-26/h1-11,16-17,19-20,28-31H,12-15,18H2,(H,38,41)(H,39,42)(H,40,48)(H,43,47)(H,44,51)(H,45,50)(H,46,49)/t28-,29+,30-,31-/m0/s1. The Morgan fingerprint density at radius 1 is 0.569 bits per heavy atom. The summed E-state index contributed by atoms with van der Waals surface area (Å²) in [6.07, 6.45) is 5.82. The molecular formula is C36H36FN9O5. The third-order valence-corrected chi connectivity index (χ3v) is 8.54. The Kier molecular flexibility index (Phi) is 10.7. The van der Waals surface area contributed by atoms with Gasteiger partial charge in [0, 0.05) is 49.5 Å². The maximum absolute atomic E-state index is 14.0. The average Bonchev–Trinajstić information content (AvgIpc) is 3.85. The van der Waals surface area contributed by atoms with Gasteiger partial charge in [0.2, 0.25) is 29.5 Å². The normalized spacial score (nSPS) is 20.7. The zero-order valence-corrected chi connectivity index (χ0v) is 27.3. The maximum Gasteiger partial charge on any atom is 0.243 e. The number of H-pyrrole nitrogens is 2. The number of carbonyl (C=O) groups excluding carboxylic acids is 5. The first-order valence-corrected chi connectivity index (χ1v) is 16.3. The molecule has 1 aliphatic rings. The Labute approximate surface area is 291 Å². The summed E-state index contributed by atoms with van der Waals surface area (Å²) in [6.45, 7) is -0.497. The smallest absolute Gasteiger partial charge is 0.243 e. The molecule has 0 saturated carbocycles. The molecule has 3 heterocycles. The van der Waals surface area contributed by atoms with Crippen molar-refractivity contribution < 1.29 is 28.4 Å². The lowest BCUT2D eigenvalue weighted by atomic mass is 10.00. The number of fused-ring (bicyclic) bond motifs is 1. The van der Waals surface area contributed by atoms with Crippen molar-refractivity contribution in [3.8, 4) is 0 Å². The Balaban J connectivity index is 1.33. The predicted octanol–water partition coefficient (Wildman–Crippen LogP) is 0.765. The molecule has 0 spiro atoms. The van der Waals surface area contributed by atoms with Crippen LogP contribution in [0.1, 0.15) is 22.5 Å². The zero-order chi connectivity index (χ0) is 35.7. The molecule has 7 N–H and O–H groups in total. The van der Waals surface area contributed by atoms with E-state index < -0.39 is 66.1 Å². The van der Waals surface area contributed by atoms with Crippen LogP contribution in [-0.2, 0) is 49.7 Å². The van der Waals surface area contributed by atoms with Gasteiger partial charge in [-0.15, -0.1) is 0 Å². The molecule has 6 rings (SSSR count). The summed E-state index contributed by atoms with van der Waals surface area (Å²) in [5, 5.41) is 15.4. The first kappa shape index (κ1) is 34.5. The topological polar surface area (TPSA) is 203 Å². The van der Waals surface area contributed by atoms with E-state index in [4.69, 9.17) is 0 Å². The van der Waals surface area contributed by atoms with Crippen molar-refractivity contribution in [3.05, 3.63) is 120 Å². The Morgan fingerprint density at radius 2 is 1.08 bits per heavy atom. The molecule has 262 valence electrons. The van der Waals surface area contributed by atoms with E-state index in [0.29, 0.717) is 17.0 Å². The second-order valence-corrected chi connectivity index (χ2v) is 12.3. The van der Waals surface area contributed by atoms with Crippen LogP contribution in [0.3, 0.4) is 0 Å². The van der Waals surface area contributed by atoms with E-state index in [-0.39, 0.29) is 25.7 Å². The van der Waals surface area contributed by atoms with Crippen LogP contribution in [0, 0.1) is 5.82 Å². The fourth-order valence-electron chi connectivity index (χ4n) is 5.88. The van der Waals surface area contributed by atoms with Crippen LogP contribution in [0.4, 0.5) is 4.39 Å². The summed E-state index contributed by atoms with van der Waals surface area (Å²) < 4.78 is 13.7. The molecule has 1 saturated heterocycles. The van der Waals surface area contributed by atoms with E-state index in [2.05, 4.69) is 46.5 Å². The summed E-state index contributed by atoms with van der Waals surface area (Å²) in [6, 6.07) is 14.0. The summed E-state index contributed by atoms with van der Waals surface area (Å²) >= 11 is 0. The molecule has 0 aliphatic carbocycles. The lowest BCUT2D eigenvalue weighted by Gasteiger charge is -2.26. The zero-order valence-electron chi connectivity index (χ0n) is 27.3. The number of benzene rings is 3. The van der Waals surface area contributed by atoms with Crippen molar-refractivity contribution in [2.24, 2.45) is 0 Å². The number of nitrogens with zero attached hydrogens (tertiary/aromatic N) is 2. The highest BCUT2D eigenvalue weighted by Crippen LogP contribution is 2.17. The van der Waals surface area contributed by atoms with Gasteiger partial charge in [0.1, 0.15) is 30.0 Å². The van der Waals surface area contributed by atoms with E-state index in [1.54, 1.807) is 0 Å². The molecule has 51 heavy (non-hydrogen) atoms. The van der Waals surface area contributed by atoms with Gasteiger partial charge in [0.25, 0.3) is 0 Å². The third kappa shape index (κ3) is 9.20. The molecule has 14 nitrogen and oxygen atoms in total. The number of nitrogens with one attached hydrogen (secondary N) is 7. The molecule has 15 heteroatoms. The minimum absolute atomic E-state index is 0.0104. The second kappa shape index (κ2) is 15.9. The number of rotatable bonds is 8. The summed E-state index contributed by atoms with van der Waals surface area (Å²) in [7, 11) is 0. The van der Waals surface area contributed by atoms with Gasteiger partial charge in [-0.2, -0.15) is 0 Å². The molecule has 0 bridgehead atoms. The molecular weight excluding hydrogens is 657 g/mol. The second-order valence-electron chi connectivity index (χ2n) is 12.3. The number of imidazole rings is 2. The molecule has 5 aromatic rings. The fraction of sp³-hybridized carbons (Fsp3) is 0.250. The molecule has 4 atom stereocenters. The highest BCUT2D eigenvalue weighted by Gasteiger charge is 2.33. The largest absolute Gasteiger partial charge is 0.348 e. The molecule has 3 aromatic carbocycles. The summed E-state index contributed by atoms with van der Waals surface area (Å²) in [5.74, 6) is -3.90. The van der Waals surface area contributed by atoms with Crippen molar-refractivity contribution in [2.45, 2.75) is 49.9 Å². The SMILES string of the molecule is O=C1CNC(=O)[C@H](Cc2ccc3ccccc3c2)NC(=O)[C@H](Cc2cnc[nH]2)NC(=O)[C@@H](Cc2ccc(F)cc2)NC(=O)[C@H](Cc2cnc[nH]2)N1. The highest BCUT2D eigenvalue weighted by atomic mass is 19.1. The van der Waals surface area contributed by atoms with Crippen LogP contribution < -0.4 is 26.6 Å². The van der Waals surface area contributed by atoms with Gasteiger partial charge in [0.15, 0.2) is 0 Å². The van der Waals surface area contributed by atoms with Crippen molar-refractivity contribution >= 4 is 40.3 Å². The summed E-state index contributed by atoms with van der Waals surface area (Å²) in [4.78, 5) is 82.4. The van der Waals surface area contributed by atoms with Gasteiger partial charge < -0.3 is 36.6 Å². The van der Waals surface area contributed by atoms with Gasteiger partial charge in [-0.25, -0.2) is 14.4 Å². The van der Waals surface area contributed by atoms with E-state index in [0.717, 1.165) is 16.3 Å². The van der Waals surface area contributed by atoms with Gasteiger partial charge in [0.05, 0.1) is 19.2 Å².